The van der Waals surface area contributed by atoms with Gasteiger partial charge in [0.15, 0.2) is 0 Å². The van der Waals surface area contributed by atoms with E-state index in [1.165, 1.54) is 43.8 Å². The van der Waals surface area contributed by atoms with Gasteiger partial charge < -0.3 is 0 Å². The van der Waals surface area contributed by atoms with Gasteiger partial charge in [0.2, 0.25) is 0 Å². The maximum Gasteiger partial charge on any atom is 0.0978 e. The van der Waals surface area contributed by atoms with Gasteiger partial charge in [-0.15, -0.1) is 0 Å². The first-order chi connectivity index (χ1) is 22.8. The molecule has 0 N–H and O–H groups in total. The van der Waals surface area contributed by atoms with E-state index in [4.69, 9.17) is 15.0 Å². The van der Waals surface area contributed by atoms with Crippen molar-refractivity contribution in [3.63, 3.8) is 0 Å². The second kappa shape index (κ2) is 9.62. The van der Waals surface area contributed by atoms with Crippen molar-refractivity contribution in [2.24, 2.45) is 0 Å². The smallest absolute Gasteiger partial charge is 0.0978 e. The van der Waals surface area contributed by atoms with Gasteiger partial charge in [-0.25, -0.2) is 4.98 Å². The number of benzene rings is 6. The van der Waals surface area contributed by atoms with Crippen LogP contribution in [0.1, 0.15) is 0 Å². The van der Waals surface area contributed by atoms with Gasteiger partial charge in [0.25, 0.3) is 0 Å². The van der Waals surface area contributed by atoms with Crippen LogP contribution in [-0.4, -0.2) is 19.9 Å². The molecule has 0 unspecified atom stereocenters. The van der Waals surface area contributed by atoms with E-state index in [1.54, 1.807) is 0 Å². The molecule has 10 rings (SSSR count). The Hall–Kier alpha value is -6.26. The highest BCUT2D eigenvalue weighted by molar-refractivity contribution is 6.18. The summed E-state index contributed by atoms with van der Waals surface area (Å²) in [5, 5.41) is 10.4. The van der Waals surface area contributed by atoms with Crippen LogP contribution in [-0.2, 0) is 0 Å². The van der Waals surface area contributed by atoms with E-state index in [2.05, 4.69) is 114 Å². The van der Waals surface area contributed by atoms with Crippen molar-refractivity contribution in [2.75, 3.05) is 0 Å². The molecular weight excluding hydrogens is 560 g/mol. The summed E-state index contributed by atoms with van der Waals surface area (Å²) in [4.78, 5) is 19.2. The Morgan fingerprint density at radius 1 is 0.348 bits per heavy atom. The summed E-state index contributed by atoms with van der Waals surface area (Å²) in [7, 11) is 0. The van der Waals surface area contributed by atoms with Gasteiger partial charge >= 0.3 is 0 Å². The van der Waals surface area contributed by atoms with Crippen LogP contribution in [0.15, 0.2) is 146 Å². The van der Waals surface area contributed by atoms with Gasteiger partial charge in [0.05, 0.1) is 27.6 Å². The van der Waals surface area contributed by atoms with Crippen molar-refractivity contribution in [3.8, 4) is 22.3 Å². The molecule has 10 aromatic rings. The highest BCUT2D eigenvalue weighted by Crippen LogP contribution is 2.40. The van der Waals surface area contributed by atoms with E-state index in [0.29, 0.717) is 0 Å². The van der Waals surface area contributed by atoms with E-state index in [9.17, 15) is 0 Å². The van der Waals surface area contributed by atoms with Crippen LogP contribution < -0.4 is 0 Å². The molecule has 6 aromatic carbocycles. The van der Waals surface area contributed by atoms with Crippen LogP contribution in [0.5, 0.6) is 0 Å². The van der Waals surface area contributed by atoms with Crippen molar-refractivity contribution >= 4 is 76.1 Å². The summed E-state index contributed by atoms with van der Waals surface area (Å²) in [6.45, 7) is 0. The number of fused-ring (bicyclic) bond motifs is 10. The molecule has 0 aliphatic rings. The Labute approximate surface area is 263 Å². The first kappa shape index (κ1) is 25.1. The first-order valence-electron chi connectivity index (χ1n) is 15.5. The molecule has 0 aliphatic heterocycles. The lowest BCUT2D eigenvalue weighted by atomic mass is 9.91. The molecular formula is C42H24N4. The van der Waals surface area contributed by atoms with E-state index in [1.807, 2.05) is 36.8 Å². The molecule has 0 amide bonds. The molecule has 0 atom stereocenters. The van der Waals surface area contributed by atoms with E-state index >= 15 is 0 Å². The summed E-state index contributed by atoms with van der Waals surface area (Å²) >= 11 is 0. The Balaban J connectivity index is 1.17. The Kier molecular flexibility index (Phi) is 5.25. The Bertz CT molecular complexity index is 2870. The van der Waals surface area contributed by atoms with Gasteiger partial charge in [-0.3, -0.25) is 15.0 Å². The lowest BCUT2D eigenvalue weighted by Gasteiger charge is -2.14. The summed E-state index contributed by atoms with van der Waals surface area (Å²) in [5.41, 5.74) is 9.41. The quantitative estimate of drug-likeness (QED) is 0.150. The monoisotopic (exact) mass is 584 g/mol. The van der Waals surface area contributed by atoms with Crippen molar-refractivity contribution in [3.05, 3.63) is 146 Å². The average molecular weight is 585 g/mol. The average Bonchev–Trinajstić information content (AvgIpc) is 3.13. The second-order valence-electron chi connectivity index (χ2n) is 11.9. The highest BCUT2D eigenvalue weighted by atomic mass is 14.7. The molecule has 0 saturated heterocycles. The molecule has 0 saturated carbocycles. The van der Waals surface area contributed by atoms with Crippen LogP contribution in [0.2, 0.25) is 0 Å². The number of aromatic nitrogens is 4. The summed E-state index contributed by atoms with van der Waals surface area (Å²) in [6.07, 6.45) is 5.53. The zero-order valence-corrected chi connectivity index (χ0v) is 24.6. The topological polar surface area (TPSA) is 51.6 Å². The third kappa shape index (κ3) is 3.67. The molecule has 4 heteroatoms. The number of hydrogen-bond acceptors (Lipinski definition) is 4. The van der Waals surface area contributed by atoms with Crippen LogP contribution in [0.4, 0.5) is 0 Å². The maximum atomic E-state index is 5.09. The second-order valence-corrected chi connectivity index (χ2v) is 11.9. The minimum atomic E-state index is 0.931. The molecule has 0 radical (unpaired) electrons. The number of nitrogens with zero attached hydrogens (tertiary/aromatic N) is 4. The molecule has 212 valence electrons. The minimum Gasteiger partial charge on any atom is -0.254 e. The van der Waals surface area contributed by atoms with Crippen molar-refractivity contribution in [1.82, 2.24) is 19.9 Å². The molecule has 0 bridgehead atoms. The molecule has 4 heterocycles. The van der Waals surface area contributed by atoms with E-state index in [-0.39, 0.29) is 0 Å². The third-order valence-electron chi connectivity index (χ3n) is 9.32. The number of hydrogen-bond donors (Lipinski definition) is 0. The van der Waals surface area contributed by atoms with Crippen LogP contribution in [0.25, 0.3) is 98.3 Å². The van der Waals surface area contributed by atoms with Gasteiger partial charge in [-0.05, 0) is 80.7 Å². The van der Waals surface area contributed by atoms with Crippen molar-refractivity contribution in [2.45, 2.75) is 0 Å². The molecule has 4 aromatic heterocycles. The predicted octanol–water partition coefficient (Wildman–Crippen LogP) is 10.7. The summed E-state index contributed by atoms with van der Waals surface area (Å²) in [5.74, 6) is 0. The normalized spacial score (nSPS) is 11.9. The summed E-state index contributed by atoms with van der Waals surface area (Å²) < 4.78 is 0. The maximum absolute atomic E-state index is 5.09. The fraction of sp³-hybridized carbons (Fsp3) is 0. The van der Waals surface area contributed by atoms with Crippen molar-refractivity contribution in [1.29, 1.82) is 0 Å². The van der Waals surface area contributed by atoms with Crippen LogP contribution >= 0.6 is 0 Å². The number of pyridine rings is 4. The van der Waals surface area contributed by atoms with Crippen LogP contribution in [0.3, 0.4) is 0 Å². The minimum absolute atomic E-state index is 0.931. The lowest BCUT2D eigenvalue weighted by Crippen LogP contribution is -1.92. The zero-order chi connectivity index (χ0) is 30.2. The van der Waals surface area contributed by atoms with E-state index in [0.717, 1.165) is 54.5 Å². The fourth-order valence-electron chi connectivity index (χ4n) is 7.21. The van der Waals surface area contributed by atoms with Gasteiger partial charge in [0, 0.05) is 51.1 Å². The number of rotatable bonds is 2. The van der Waals surface area contributed by atoms with Crippen molar-refractivity contribution < 1.29 is 0 Å². The predicted molar refractivity (Wildman–Crippen MR) is 191 cm³/mol. The molecule has 0 aliphatic carbocycles. The Morgan fingerprint density at radius 2 is 0.957 bits per heavy atom. The SMILES string of the molecule is c1cnc2c(c1)cc(-c1ccc3c(ccc4cc(-c5c6ccccc6nc6c5ccc5cccnc56)ccc43)c1)c1cccnc12. The highest BCUT2D eigenvalue weighted by Gasteiger charge is 2.16. The lowest BCUT2D eigenvalue weighted by molar-refractivity contribution is 1.37. The van der Waals surface area contributed by atoms with Gasteiger partial charge in [0.1, 0.15) is 0 Å². The molecule has 0 spiro atoms. The standard InChI is InChI=1S/C42H24N4/c1-2-10-37-34(8-1)38(35-18-13-25-6-3-19-43-39(25)42(35)46-37)29-15-17-32-27(23-29)12-11-26-22-28(14-16-31(26)32)36-24-30-7-4-20-44-40(30)41-33(36)9-5-21-45-41/h1-24H. The summed E-state index contributed by atoms with van der Waals surface area (Å²) in [6, 6.07) is 45.5. The number of para-hydroxylation sites is 1. The largest absolute Gasteiger partial charge is 0.254 e. The van der Waals surface area contributed by atoms with Gasteiger partial charge in [-0.1, -0.05) is 84.9 Å². The fourth-order valence-corrected chi connectivity index (χ4v) is 7.21. The van der Waals surface area contributed by atoms with Crippen LogP contribution in [0, 0.1) is 0 Å². The third-order valence-corrected chi connectivity index (χ3v) is 9.32. The first-order valence-corrected chi connectivity index (χ1v) is 15.5. The molecule has 46 heavy (non-hydrogen) atoms. The Morgan fingerprint density at radius 3 is 1.78 bits per heavy atom. The molecule has 4 nitrogen and oxygen atoms in total. The molecule has 0 fully saturated rings. The van der Waals surface area contributed by atoms with E-state index < -0.39 is 0 Å². The zero-order valence-electron chi connectivity index (χ0n) is 24.6. The van der Waals surface area contributed by atoms with Gasteiger partial charge in [-0.2, -0.15) is 0 Å².